The van der Waals surface area contributed by atoms with Crippen molar-refractivity contribution in [1.82, 2.24) is 0 Å². The quantitative estimate of drug-likeness (QED) is 0.550. The van der Waals surface area contributed by atoms with Crippen LogP contribution in [0, 0.1) is 5.82 Å². The Balaban J connectivity index is 2.44. The molecule has 0 spiro atoms. The van der Waals surface area contributed by atoms with Crippen LogP contribution in [0.4, 0.5) is 4.39 Å². The molecule has 0 radical (unpaired) electrons. The van der Waals surface area contributed by atoms with Gasteiger partial charge < -0.3 is 0 Å². The van der Waals surface area contributed by atoms with Crippen molar-refractivity contribution in [2.75, 3.05) is 0 Å². The van der Waals surface area contributed by atoms with Crippen LogP contribution in [0.2, 0.25) is 5.02 Å². The van der Waals surface area contributed by atoms with Gasteiger partial charge in [-0.05, 0) is 36.2 Å². The molecule has 2 rings (SSSR count). The summed E-state index contributed by atoms with van der Waals surface area (Å²) in [5.41, 5.74) is 2.23. The first-order valence-electron chi connectivity index (χ1n) is 5.14. The molecule has 0 atom stereocenters. The summed E-state index contributed by atoms with van der Waals surface area (Å²) >= 11 is 10.8. The van der Waals surface area contributed by atoms with Crippen LogP contribution in [0.25, 0.3) is 11.1 Å². The Morgan fingerprint density at radius 3 is 2.18 bits per heavy atom. The van der Waals surface area contributed by atoms with Crippen molar-refractivity contribution in [3.05, 3.63) is 58.9 Å². The average molecular weight is 265 g/mol. The molecule has 0 saturated carbocycles. The SMILES string of the molecule is CC(=S)c1ccc(-c2ccc(Cl)cc2)cc1F. The van der Waals surface area contributed by atoms with E-state index < -0.39 is 0 Å². The summed E-state index contributed by atoms with van der Waals surface area (Å²) in [6.45, 7) is 1.72. The van der Waals surface area contributed by atoms with Crippen LogP contribution >= 0.6 is 23.8 Å². The van der Waals surface area contributed by atoms with Crippen LogP contribution < -0.4 is 0 Å². The Morgan fingerprint density at radius 1 is 1.06 bits per heavy atom. The van der Waals surface area contributed by atoms with Crippen molar-refractivity contribution in [2.24, 2.45) is 0 Å². The van der Waals surface area contributed by atoms with E-state index in [4.69, 9.17) is 23.8 Å². The molecule has 0 amide bonds. The third-order valence-corrected chi connectivity index (χ3v) is 3.00. The zero-order valence-electron chi connectivity index (χ0n) is 9.21. The molecule has 0 aliphatic carbocycles. The summed E-state index contributed by atoms with van der Waals surface area (Å²) < 4.78 is 13.8. The van der Waals surface area contributed by atoms with Gasteiger partial charge in [-0.1, -0.05) is 48.1 Å². The molecular weight excluding hydrogens is 255 g/mol. The van der Waals surface area contributed by atoms with Crippen LogP contribution in [-0.2, 0) is 0 Å². The minimum Gasteiger partial charge on any atom is -0.206 e. The molecule has 0 heterocycles. The van der Waals surface area contributed by atoms with E-state index in [1.165, 1.54) is 6.07 Å². The zero-order chi connectivity index (χ0) is 12.4. The van der Waals surface area contributed by atoms with Crippen LogP contribution in [-0.4, -0.2) is 4.86 Å². The van der Waals surface area contributed by atoms with E-state index in [0.29, 0.717) is 15.5 Å². The van der Waals surface area contributed by atoms with Crippen LogP contribution in [0.5, 0.6) is 0 Å². The molecule has 0 aromatic heterocycles. The molecule has 0 N–H and O–H groups in total. The van der Waals surface area contributed by atoms with Gasteiger partial charge in [-0.3, -0.25) is 0 Å². The number of halogens is 2. The monoisotopic (exact) mass is 264 g/mol. The first kappa shape index (κ1) is 12.2. The van der Waals surface area contributed by atoms with E-state index in [1.54, 1.807) is 25.1 Å². The van der Waals surface area contributed by atoms with Gasteiger partial charge in [0.05, 0.1) is 0 Å². The molecule has 3 heteroatoms. The average Bonchev–Trinajstić information content (AvgIpc) is 2.29. The summed E-state index contributed by atoms with van der Waals surface area (Å²) in [7, 11) is 0. The first-order chi connectivity index (χ1) is 8.08. The van der Waals surface area contributed by atoms with Gasteiger partial charge in [0.2, 0.25) is 0 Å². The molecule has 0 nitrogen and oxygen atoms in total. The van der Waals surface area contributed by atoms with Gasteiger partial charge in [0, 0.05) is 15.5 Å². The molecule has 0 bridgehead atoms. The lowest BCUT2D eigenvalue weighted by Gasteiger charge is -2.05. The smallest absolute Gasteiger partial charge is 0.132 e. The Labute approximate surface area is 110 Å². The molecule has 86 valence electrons. The fraction of sp³-hybridized carbons (Fsp3) is 0.0714. The van der Waals surface area contributed by atoms with E-state index in [2.05, 4.69) is 0 Å². The molecule has 0 aliphatic heterocycles. The number of thiocarbonyl (C=S) groups is 1. The van der Waals surface area contributed by atoms with Gasteiger partial charge in [-0.2, -0.15) is 0 Å². The van der Waals surface area contributed by atoms with Gasteiger partial charge in [0.25, 0.3) is 0 Å². The highest BCUT2D eigenvalue weighted by atomic mass is 35.5. The fourth-order valence-electron chi connectivity index (χ4n) is 1.62. The second kappa shape index (κ2) is 4.94. The van der Waals surface area contributed by atoms with Crippen LogP contribution in [0.3, 0.4) is 0 Å². The van der Waals surface area contributed by atoms with Crippen molar-refractivity contribution in [2.45, 2.75) is 6.92 Å². The van der Waals surface area contributed by atoms with Gasteiger partial charge in [0.15, 0.2) is 0 Å². The third-order valence-electron chi connectivity index (χ3n) is 2.53. The highest BCUT2D eigenvalue weighted by molar-refractivity contribution is 7.80. The molecule has 0 saturated heterocycles. The summed E-state index contributed by atoms with van der Waals surface area (Å²) in [5.74, 6) is -0.287. The van der Waals surface area contributed by atoms with Gasteiger partial charge in [0.1, 0.15) is 5.82 Å². The van der Waals surface area contributed by atoms with Crippen molar-refractivity contribution >= 4 is 28.7 Å². The number of hydrogen-bond donors (Lipinski definition) is 0. The fourth-order valence-corrected chi connectivity index (χ4v) is 1.91. The van der Waals surface area contributed by atoms with E-state index in [0.717, 1.165) is 11.1 Å². The van der Waals surface area contributed by atoms with Crippen molar-refractivity contribution < 1.29 is 4.39 Å². The van der Waals surface area contributed by atoms with E-state index in [9.17, 15) is 4.39 Å². The second-order valence-corrected chi connectivity index (χ2v) is 4.81. The molecule has 17 heavy (non-hydrogen) atoms. The van der Waals surface area contributed by atoms with Crippen molar-refractivity contribution in [3.63, 3.8) is 0 Å². The molecular formula is C14H10ClFS. The van der Waals surface area contributed by atoms with Gasteiger partial charge in [-0.25, -0.2) is 4.39 Å². The maximum Gasteiger partial charge on any atom is 0.132 e. The van der Waals surface area contributed by atoms with Crippen LogP contribution in [0.1, 0.15) is 12.5 Å². The van der Waals surface area contributed by atoms with Crippen LogP contribution in [0.15, 0.2) is 42.5 Å². The number of rotatable bonds is 2. The van der Waals surface area contributed by atoms with Gasteiger partial charge in [-0.15, -0.1) is 0 Å². The van der Waals surface area contributed by atoms with Crippen molar-refractivity contribution in [3.8, 4) is 11.1 Å². The summed E-state index contributed by atoms with van der Waals surface area (Å²) in [5, 5.41) is 0.667. The minimum atomic E-state index is -0.287. The van der Waals surface area contributed by atoms with E-state index >= 15 is 0 Å². The molecule has 2 aromatic rings. The lowest BCUT2D eigenvalue weighted by atomic mass is 10.0. The highest BCUT2D eigenvalue weighted by Crippen LogP contribution is 2.23. The Hall–Kier alpha value is -1.25. The first-order valence-corrected chi connectivity index (χ1v) is 5.93. The van der Waals surface area contributed by atoms with E-state index in [-0.39, 0.29) is 5.82 Å². The lowest BCUT2D eigenvalue weighted by molar-refractivity contribution is 0.626. The molecule has 0 fully saturated rings. The van der Waals surface area contributed by atoms with E-state index in [1.807, 2.05) is 18.2 Å². The lowest BCUT2D eigenvalue weighted by Crippen LogP contribution is -1.95. The predicted molar refractivity (Wildman–Crippen MR) is 74.2 cm³/mol. The Bertz CT molecular complexity index is 561. The molecule has 0 aliphatic rings. The second-order valence-electron chi connectivity index (χ2n) is 3.76. The molecule has 0 unspecified atom stereocenters. The zero-order valence-corrected chi connectivity index (χ0v) is 10.8. The maximum atomic E-state index is 13.8. The standard InChI is InChI=1S/C14H10ClFS/c1-9(17)13-7-4-11(8-14(13)16)10-2-5-12(15)6-3-10/h2-8H,1H3. The van der Waals surface area contributed by atoms with Crippen molar-refractivity contribution in [1.29, 1.82) is 0 Å². The number of hydrogen-bond acceptors (Lipinski definition) is 1. The summed E-state index contributed by atoms with van der Waals surface area (Å²) in [6, 6.07) is 12.4. The minimum absolute atomic E-state index is 0.287. The topological polar surface area (TPSA) is 0 Å². The maximum absolute atomic E-state index is 13.8. The Kier molecular flexibility index (Phi) is 3.55. The summed E-state index contributed by atoms with van der Waals surface area (Å²) in [4.78, 5) is 0.560. The largest absolute Gasteiger partial charge is 0.206 e. The van der Waals surface area contributed by atoms with Gasteiger partial charge >= 0.3 is 0 Å². The number of benzene rings is 2. The normalized spacial score (nSPS) is 10.3. The Morgan fingerprint density at radius 2 is 1.65 bits per heavy atom. The molecule has 2 aromatic carbocycles. The highest BCUT2D eigenvalue weighted by Gasteiger charge is 2.06. The predicted octanol–water partition coefficient (Wildman–Crippen LogP) is 4.88. The third kappa shape index (κ3) is 2.71. The summed E-state index contributed by atoms with van der Waals surface area (Å²) in [6.07, 6.45) is 0.